The average Bonchev–Trinajstić information content (AvgIpc) is 3.41. The third-order valence-electron chi connectivity index (χ3n) is 8.86. The van der Waals surface area contributed by atoms with Gasteiger partial charge in [-0.1, -0.05) is 30.7 Å². The summed E-state index contributed by atoms with van der Waals surface area (Å²) in [5, 5.41) is 23.4. The van der Waals surface area contributed by atoms with E-state index in [0.29, 0.717) is 28.0 Å². The van der Waals surface area contributed by atoms with E-state index in [1.807, 2.05) is 6.07 Å². The quantitative estimate of drug-likeness (QED) is 0.266. The van der Waals surface area contributed by atoms with Crippen molar-refractivity contribution in [2.75, 3.05) is 23.3 Å². The molecule has 11 nitrogen and oxygen atoms in total. The van der Waals surface area contributed by atoms with Crippen LogP contribution in [-0.4, -0.2) is 66.6 Å². The highest BCUT2D eigenvalue weighted by atomic mass is 35.5. The molecule has 0 radical (unpaired) electrons. The summed E-state index contributed by atoms with van der Waals surface area (Å²) in [7, 11) is 1.65. The van der Waals surface area contributed by atoms with Crippen LogP contribution in [0.5, 0.6) is 0 Å². The number of alkyl halides is 2. The Bertz CT molecular complexity index is 2010. The average molecular weight is 664 g/mol. The van der Waals surface area contributed by atoms with Crippen LogP contribution in [0, 0.1) is 17.2 Å². The van der Waals surface area contributed by atoms with Gasteiger partial charge < -0.3 is 15.3 Å². The number of imidazole rings is 1. The molecule has 0 bridgehead atoms. The smallest absolute Gasteiger partial charge is 0.328 e. The lowest BCUT2D eigenvalue weighted by atomic mass is 9.89. The van der Waals surface area contributed by atoms with Gasteiger partial charge in [0.05, 0.1) is 38.3 Å². The Hall–Kier alpha value is -4.80. The Kier molecular flexibility index (Phi) is 7.84. The number of fused-ring (bicyclic) bond motifs is 2. The highest BCUT2D eigenvalue weighted by molar-refractivity contribution is 6.33. The van der Waals surface area contributed by atoms with Gasteiger partial charge >= 0.3 is 5.69 Å². The maximum atomic E-state index is 15.8. The molecule has 1 fully saturated rings. The predicted molar refractivity (Wildman–Crippen MR) is 172 cm³/mol. The Morgan fingerprint density at radius 3 is 2.36 bits per heavy atom. The minimum Gasteiger partial charge on any atom is -0.390 e. The Labute approximate surface area is 273 Å². The molecule has 2 amide bonds. The third kappa shape index (κ3) is 5.51. The van der Waals surface area contributed by atoms with E-state index in [0.717, 1.165) is 0 Å². The molecule has 2 aliphatic rings. The van der Waals surface area contributed by atoms with Gasteiger partial charge in [0.25, 0.3) is 17.7 Å². The van der Waals surface area contributed by atoms with Crippen LogP contribution in [0.1, 0.15) is 53.5 Å². The van der Waals surface area contributed by atoms with Crippen LogP contribution in [0.3, 0.4) is 0 Å². The molecule has 2 unspecified atom stereocenters. The number of carbonyl (C=O) groups excluding carboxylic acids is 2. The number of amides is 2. The van der Waals surface area contributed by atoms with Gasteiger partial charge in [0.15, 0.2) is 5.82 Å². The van der Waals surface area contributed by atoms with Crippen molar-refractivity contribution in [3.05, 3.63) is 80.7 Å². The van der Waals surface area contributed by atoms with Crippen LogP contribution in [0.2, 0.25) is 5.02 Å². The SMILES string of the molecule is CC1CN(c2nc(Nc3ccc4c(c3)n(CCC(C)(C)O)c(=O)n4C)c(Cl)cc2C#N)CC(N2C(=O)c3ccccc3C2=O)C1(F)F. The van der Waals surface area contributed by atoms with Crippen LogP contribution >= 0.6 is 11.6 Å². The fourth-order valence-corrected chi connectivity index (χ4v) is 6.42. The first-order valence-electron chi connectivity index (χ1n) is 15.0. The van der Waals surface area contributed by atoms with Crippen molar-refractivity contribution in [2.45, 2.75) is 51.3 Å². The fraction of sp³-hybridized carbons (Fsp3) is 0.364. The molecule has 47 heavy (non-hydrogen) atoms. The standard InChI is InChI=1S/C33H32ClF2N7O4/c1-18-16-41(17-26(33(18,35)36)43-29(44)21-7-5-6-8-22(21)30(43)45)28-19(15-37)13-23(34)27(39-28)38-20-9-10-24-25(14-20)42(31(46)40(24)4)12-11-32(2,3)47/h5-10,13-14,18,26,47H,11-12,16-17H2,1-4H3,(H,38,39). The van der Waals surface area contributed by atoms with Crippen LogP contribution < -0.4 is 15.9 Å². The van der Waals surface area contributed by atoms with Crippen molar-refractivity contribution in [2.24, 2.45) is 13.0 Å². The van der Waals surface area contributed by atoms with Crippen molar-refractivity contribution in [3.63, 3.8) is 0 Å². The van der Waals surface area contributed by atoms with Crippen molar-refractivity contribution in [1.29, 1.82) is 5.26 Å². The zero-order valence-electron chi connectivity index (χ0n) is 26.1. The molecule has 0 aliphatic carbocycles. The minimum absolute atomic E-state index is 0.0260. The lowest BCUT2D eigenvalue weighted by Crippen LogP contribution is -2.64. The Morgan fingerprint density at radius 1 is 1.09 bits per heavy atom. The maximum absolute atomic E-state index is 15.8. The lowest BCUT2D eigenvalue weighted by Gasteiger charge is -2.45. The number of aliphatic hydroxyl groups is 1. The van der Waals surface area contributed by atoms with Crippen LogP contribution in [0.25, 0.3) is 11.0 Å². The second-order valence-electron chi connectivity index (χ2n) is 12.7. The molecule has 1 saturated heterocycles. The second kappa shape index (κ2) is 11.5. The zero-order valence-corrected chi connectivity index (χ0v) is 26.8. The highest BCUT2D eigenvalue weighted by Crippen LogP contribution is 2.42. The van der Waals surface area contributed by atoms with Crippen LogP contribution in [0.4, 0.5) is 26.1 Å². The number of rotatable bonds is 7. The number of nitrogens with one attached hydrogen (secondary N) is 1. The first-order chi connectivity index (χ1) is 22.1. The molecule has 2 aliphatic heterocycles. The van der Waals surface area contributed by atoms with Crippen molar-refractivity contribution in [3.8, 4) is 6.07 Å². The number of halogens is 3. The largest absolute Gasteiger partial charge is 0.390 e. The number of hydrogen-bond acceptors (Lipinski definition) is 8. The van der Waals surface area contributed by atoms with E-state index in [1.165, 1.54) is 34.6 Å². The first-order valence-corrected chi connectivity index (χ1v) is 15.4. The van der Waals surface area contributed by atoms with Gasteiger partial charge in [-0.15, -0.1) is 0 Å². The number of aryl methyl sites for hydroxylation is 2. The second-order valence-corrected chi connectivity index (χ2v) is 13.1. The van der Waals surface area contributed by atoms with Gasteiger partial charge in [-0.2, -0.15) is 5.26 Å². The normalized spacial score (nSPS) is 19.3. The number of piperidine rings is 1. The number of pyridine rings is 1. The number of anilines is 3. The van der Waals surface area contributed by atoms with Gasteiger partial charge in [0.1, 0.15) is 17.9 Å². The summed E-state index contributed by atoms with van der Waals surface area (Å²) in [4.78, 5) is 46.1. The molecule has 0 spiro atoms. The van der Waals surface area contributed by atoms with E-state index in [1.54, 1.807) is 55.8 Å². The predicted octanol–water partition coefficient (Wildman–Crippen LogP) is 4.92. The summed E-state index contributed by atoms with van der Waals surface area (Å²) in [5.74, 6) is -6.14. The van der Waals surface area contributed by atoms with Crippen molar-refractivity contribution in [1.82, 2.24) is 19.0 Å². The number of nitriles is 1. The number of carbonyl (C=O) groups is 2. The molecule has 244 valence electrons. The summed E-state index contributed by atoms with van der Waals surface area (Å²) >= 11 is 6.54. The Balaban J connectivity index is 1.35. The molecule has 14 heteroatoms. The van der Waals surface area contributed by atoms with Gasteiger partial charge in [0.2, 0.25) is 0 Å². The minimum atomic E-state index is -3.42. The first kappa shape index (κ1) is 32.2. The van der Waals surface area contributed by atoms with E-state index in [2.05, 4.69) is 10.3 Å². The van der Waals surface area contributed by atoms with Gasteiger partial charge in [0, 0.05) is 38.3 Å². The monoisotopic (exact) mass is 663 g/mol. The van der Waals surface area contributed by atoms with Crippen molar-refractivity contribution >= 4 is 51.8 Å². The number of aromatic nitrogens is 3. The molecule has 0 saturated carbocycles. The number of benzene rings is 2. The topological polar surface area (TPSA) is 136 Å². The van der Waals surface area contributed by atoms with E-state index >= 15 is 8.78 Å². The maximum Gasteiger partial charge on any atom is 0.328 e. The van der Waals surface area contributed by atoms with Gasteiger partial charge in [-0.3, -0.25) is 23.6 Å². The molecular formula is C33H32ClF2N7O4. The third-order valence-corrected chi connectivity index (χ3v) is 9.15. The fourth-order valence-electron chi connectivity index (χ4n) is 6.22. The number of nitrogens with zero attached hydrogens (tertiary/aromatic N) is 6. The van der Waals surface area contributed by atoms with E-state index < -0.39 is 41.8 Å². The molecule has 2 atom stereocenters. The van der Waals surface area contributed by atoms with E-state index in [4.69, 9.17) is 11.6 Å². The van der Waals surface area contributed by atoms with E-state index in [9.17, 15) is 24.8 Å². The van der Waals surface area contributed by atoms with E-state index in [-0.39, 0.29) is 52.1 Å². The highest BCUT2D eigenvalue weighted by Gasteiger charge is 2.57. The molecule has 4 aromatic rings. The molecule has 2 N–H and O–H groups in total. The van der Waals surface area contributed by atoms with Crippen LogP contribution in [-0.2, 0) is 13.6 Å². The number of imide groups is 1. The lowest BCUT2D eigenvalue weighted by molar-refractivity contribution is -0.111. The summed E-state index contributed by atoms with van der Waals surface area (Å²) in [6, 6.07) is 12.8. The summed E-state index contributed by atoms with van der Waals surface area (Å²) < 4.78 is 34.6. The molecule has 2 aromatic carbocycles. The number of hydrogen-bond donors (Lipinski definition) is 2. The molecule has 6 rings (SSSR count). The van der Waals surface area contributed by atoms with Crippen molar-refractivity contribution < 1.29 is 23.5 Å². The zero-order chi connectivity index (χ0) is 34.0. The summed E-state index contributed by atoms with van der Waals surface area (Å²) in [6.07, 6.45) is 0.338. The summed E-state index contributed by atoms with van der Waals surface area (Å²) in [6.45, 7) is 4.26. The molecule has 4 heterocycles. The van der Waals surface area contributed by atoms with Gasteiger partial charge in [-0.05, 0) is 56.7 Å². The molecular weight excluding hydrogens is 632 g/mol. The van der Waals surface area contributed by atoms with Gasteiger partial charge in [-0.25, -0.2) is 18.6 Å². The Morgan fingerprint density at radius 2 is 1.74 bits per heavy atom. The molecule has 2 aromatic heterocycles. The van der Waals surface area contributed by atoms with Crippen LogP contribution in [0.15, 0.2) is 53.3 Å². The summed E-state index contributed by atoms with van der Waals surface area (Å²) in [5.41, 5.74) is 0.696.